The van der Waals surface area contributed by atoms with Crippen molar-refractivity contribution in [1.29, 1.82) is 0 Å². The van der Waals surface area contributed by atoms with Gasteiger partial charge in [0.15, 0.2) is 11.5 Å². The van der Waals surface area contributed by atoms with Crippen LogP contribution in [0.5, 0.6) is 5.75 Å². The average molecular weight is 444 g/mol. The Kier molecular flexibility index (Phi) is 6.82. The molecule has 3 aromatic rings. The standard InChI is InChI=1S/C23H23ClFN3O3/c24-20-13-16(25)7-10-22(20)30-15-19-14-21(27-31-19)23(29)28-12-4-2-6-18(28)9-8-17-5-1-3-11-26-17/h1,3,5,7,10-11,13-14,18H,2,4,6,8-9,12,15H2. The Hall–Kier alpha value is -2.93. The van der Waals surface area contributed by atoms with Crippen molar-refractivity contribution in [2.24, 2.45) is 0 Å². The molecule has 1 aliphatic heterocycles. The number of likely N-dealkylation sites (tertiary alicyclic amines) is 1. The molecule has 6 nitrogen and oxygen atoms in total. The van der Waals surface area contributed by atoms with Gasteiger partial charge in [0.05, 0.1) is 5.02 Å². The first-order chi connectivity index (χ1) is 15.1. The number of pyridine rings is 1. The molecule has 1 saturated heterocycles. The van der Waals surface area contributed by atoms with Crippen LogP contribution in [0.2, 0.25) is 5.02 Å². The number of piperidine rings is 1. The third-order valence-electron chi connectivity index (χ3n) is 5.39. The second-order valence-electron chi connectivity index (χ2n) is 7.55. The lowest BCUT2D eigenvalue weighted by Crippen LogP contribution is -2.44. The molecule has 2 aromatic heterocycles. The number of benzene rings is 1. The maximum atomic E-state index is 13.1. The van der Waals surface area contributed by atoms with Gasteiger partial charge in [-0.05, 0) is 62.4 Å². The van der Waals surface area contributed by atoms with Crippen LogP contribution in [0.4, 0.5) is 4.39 Å². The second kappa shape index (κ2) is 9.92. The molecule has 4 rings (SSSR count). The molecule has 0 radical (unpaired) electrons. The fourth-order valence-electron chi connectivity index (χ4n) is 3.80. The van der Waals surface area contributed by atoms with Crippen LogP contribution in [-0.2, 0) is 13.0 Å². The van der Waals surface area contributed by atoms with Gasteiger partial charge in [-0.1, -0.05) is 22.8 Å². The molecular weight excluding hydrogens is 421 g/mol. The molecule has 0 saturated carbocycles. The summed E-state index contributed by atoms with van der Waals surface area (Å²) in [5.41, 5.74) is 1.29. The molecule has 0 spiro atoms. The van der Waals surface area contributed by atoms with E-state index in [1.54, 1.807) is 12.3 Å². The first kappa shape index (κ1) is 21.3. The number of rotatable bonds is 7. The molecule has 1 unspecified atom stereocenters. The van der Waals surface area contributed by atoms with Crippen LogP contribution >= 0.6 is 11.6 Å². The van der Waals surface area contributed by atoms with Crippen molar-refractivity contribution in [3.63, 3.8) is 0 Å². The largest absolute Gasteiger partial charge is 0.484 e. The lowest BCUT2D eigenvalue weighted by atomic mass is 9.96. The number of carbonyl (C=O) groups is 1. The minimum atomic E-state index is -0.441. The van der Waals surface area contributed by atoms with Gasteiger partial charge in [-0.3, -0.25) is 9.78 Å². The molecule has 8 heteroatoms. The molecule has 3 heterocycles. The summed E-state index contributed by atoms with van der Waals surface area (Å²) in [7, 11) is 0. The van der Waals surface area contributed by atoms with Crippen molar-refractivity contribution < 1.29 is 18.4 Å². The smallest absolute Gasteiger partial charge is 0.276 e. The van der Waals surface area contributed by atoms with E-state index in [2.05, 4.69) is 10.1 Å². The zero-order valence-corrected chi connectivity index (χ0v) is 17.7. The first-order valence-corrected chi connectivity index (χ1v) is 10.7. The highest BCUT2D eigenvalue weighted by molar-refractivity contribution is 6.32. The fraction of sp³-hybridized carbons (Fsp3) is 0.348. The van der Waals surface area contributed by atoms with Crippen LogP contribution in [-0.4, -0.2) is 33.5 Å². The van der Waals surface area contributed by atoms with E-state index in [4.69, 9.17) is 20.9 Å². The van der Waals surface area contributed by atoms with Crippen molar-refractivity contribution in [1.82, 2.24) is 15.0 Å². The zero-order valence-electron chi connectivity index (χ0n) is 17.0. The van der Waals surface area contributed by atoms with Gasteiger partial charge in [-0.2, -0.15) is 0 Å². The van der Waals surface area contributed by atoms with Gasteiger partial charge in [-0.25, -0.2) is 4.39 Å². The minimum Gasteiger partial charge on any atom is -0.484 e. The molecule has 1 aliphatic rings. The molecule has 1 fully saturated rings. The van der Waals surface area contributed by atoms with Gasteiger partial charge in [-0.15, -0.1) is 0 Å². The van der Waals surface area contributed by atoms with E-state index in [0.717, 1.165) is 37.8 Å². The van der Waals surface area contributed by atoms with Crippen LogP contribution < -0.4 is 4.74 Å². The molecule has 31 heavy (non-hydrogen) atoms. The molecule has 1 atom stereocenters. The Morgan fingerprint density at radius 1 is 1.26 bits per heavy atom. The van der Waals surface area contributed by atoms with Crippen molar-refractivity contribution in [3.8, 4) is 5.75 Å². The summed E-state index contributed by atoms with van der Waals surface area (Å²) in [5.74, 6) is 0.147. The number of aromatic nitrogens is 2. The van der Waals surface area contributed by atoms with Crippen LogP contribution in [0.15, 0.2) is 53.2 Å². The number of hydrogen-bond donors (Lipinski definition) is 0. The number of aryl methyl sites for hydroxylation is 1. The van der Waals surface area contributed by atoms with E-state index in [1.165, 1.54) is 18.2 Å². The van der Waals surface area contributed by atoms with Crippen molar-refractivity contribution >= 4 is 17.5 Å². The summed E-state index contributed by atoms with van der Waals surface area (Å²) in [6.07, 6.45) is 6.52. The van der Waals surface area contributed by atoms with Crippen molar-refractivity contribution in [2.45, 2.75) is 44.8 Å². The van der Waals surface area contributed by atoms with Gasteiger partial charge in [0.25, 0.3) is 5.91 Å². The summed E-state index contributed by atoms with van der Waals surface area (Å²) in [5, 5.41) is 4.11. The number of halogens is 2. The normalized spacial score (nSPS) is 16.3. The summed E-state index contributed by atoms with van der Waals surface area (Å²) >= 11 is 5.97. The highest BCUT2D eigenvalue weighted by atomic mass is 35.5. The SMILES string of the molecule is O=C(c1cc(COc2ccc(F)cc2Cl)on1)N1CCCCC1CCc1ccccn1. The van der Waals surface area contributed by atoms with E-state index in [0.29, 0.717) is 18.1 Å². The number of ether oxygens (including phenoxy) is 1. The number of hydrogen-bond acceptors (Lipinski definition) is 5. The molecule has 1 aromatic carbocycles. The van der Waals surface area contributed by atoms with Crippen molar-refractivity contribution in [2.75, 3.05) is 6.54 Å². The van der Waals surface area contributed by atoms with E-state index >= 15 is 0 Å². The Labute approximate surface area is 185 Å². The number of nitrogens with zero attached hydrogens (tertiary/aromatic N) is 3. The predicted octanol–water partition coefficient (Wildman–Crippen LogP) is 5.07. The minimum absolute atomic E-state index is 0.0364. The lowest BCUT2D eigenvalue weighted by Gasteiger charge is -2.35. The number of amides is 1. The third kappa shape index (κ3) is 5.41. The predicted molar refractivity (Wildman–Crippen MR) is 113 cm³/mol. The highest BCUT2D eigenvalue weighted by Gasteiger charge is 2.29. The quantitative estimate of drug-likeness (QED) is 0.510. The van der Waals surface area contributed by atoms with Gasteiger partial charge < -0.3 is 14.2 Å². The third-order valence-corrected chi connectivity index (χ3v) is 5.69. The fourth-order valence-corrected chi connectivity index (χ4v) is 4.02. The van der Waals surface area contributed by atoms with E-state index < -0.39 is 5.82 Å². The maximum Gasteiger partial charge on any atom is 0.276 e. The number of carbonyl (C=O) groups excluding carboxylic acids is 1. The van der Waals surface area contributed by atoms with Crippen LogP contribution in [0.1, 0.15) is 47.6 Å². The molecule has 1 amide bonds. The van der Waals surface area contributed by atoms with E-state index in [1.807, 2.05) is 23.1 Å². The van der Waals surface area contributed by atoms with Gasteiger partial charge in [0.1, 0.15) is 18.2 Å². The Bertz CT molecular complexity index is 1030. The summed E-state index contributed by atoms with van der Waals surface area (Å²) in [6.45, 7) is 0.740. The molecule has 0 aliphatic carbocycles. The highest BCUT2D eigenvalue weighted by Crippen LogP contribution is 2.26. The van der Waals surface area contributed by atoms with Crippen molar-refractivity contribution in [3.05, 3.63) is 76.6 Å². The van der Waals surface area contributed by atoms with E-state index in [9.17, 15) is 9.18 Å². The van der Waals surface area contributed by atoms with Crippen LogP contribution in [0.3, 0.4) is 0 Å². The van der Waals surface area contributed by atoms with Gasteiger partial charge in [0, 0.05) is 30.5 Å². The van der Waals surface area contributed by atoms with Gasteiger partial charge >= 0.3 is 0 Å². The Morgan fingerprint density at radius 3 is 2.97 bits per heavy atom. The molecule has 162 valence electrons. The topological polar surface area (TPSA) is 68.5 Å². The molecule has 0 bridgehead atoms. The molecular formula is C23H23ClFN3O3. The monoisotopic (exact) mass is 443 g/mol. The Morgan fingerprint density at radius 2 is 2.16 bits per heavy atom. The van der Waals surface area contributed by atoms with Crippen LogP contribution in [0, 0.1) is 5.82 Å². The van der Waals surface area contributed by atoms with Crippen LogP contribution in [0.25, 0.3) is 0 Å². The summed E-state index contributed by atoms with van der Waals surface area (Å²) < 4.78 is 24.0. The first-order valence-electron chi connectivity index (χ1n) is 10.3. The zero-order chi connectivity index (χ0) is 21.6. The maximum absolute atomic E-state index is 13.1. The van der Waals surface area contributed by atoms with Gasteiger partial charge in [0.2, 0.25) is 0 Å². The lowest BCUT2D eigenvalue weighted by molar-refractivity contribution is 0.0591. The summed E-state index contributed by atoms with van der Waals surface area (Å²) in [6, 6.07) is 11.5. The second-order valence-corrected chi connectivity index (χ2v) is 7.96. The average Bonchev–Trinajstić information content (AvgIpc) is 3.27. The molecule has 0 N–H and O–H groups in total. The summed E-state index contributed by atoms with van der Waals surface area (Å²) in [4.78, 5) is 19.4. The Balaban J connectivity index is 1.38. The van der Waals surface area contributed by atoms with E-state index in [-0.39, 0.29) is 29.3 Å².